The Morgan fingerprint density at radius 3 is 2.27 bits per heavy atom. The minimum absolute atomic E-state index is 0.0181. The Morgan fingerprint density at radius 2 is 1.68 bits per heavy atom. The largest absolute Gasteiger partial charge is 0.449 e. The van der Waals surface area contributed by atoms with Crippen LogP contribution in [0.25, 0.3) is 0 Å². The first kappa shape index (κ1) is 16.0. The second kappa shape index (κ2) is 7.06. The fourth-order valence-corrected chi connectivity index (χ4v) is 2.30. The molecule has 0 unspecified atom stereocenters. The van der Waals surface area contributed by atoms with Crippen LogP contribution in [0.5, 0.6) is 0 Å². The van der Waals surface area contributed by atoms with Crippen LogP contribution in [0.3, 0.4) is 0 Å². The Hall–Kier alpha value is -2.38. The standard InChI is InChI=1S/C15H16N2O4S/c16-22(19,20)14-8-6-13(7-9-14)17-15(18)21-11-10-12-4-2-1-3-5-12/h1-9H,10-11H2,(H,17,18)(H2,16,19,20). The van der Waals surface area contributed by atoms with E-state index in [1.165, 1.54) is 24.3 Å². The van der Waals surface area contributed by atoms with Gasteiger partial charge < -0.3 is 4.74 Å². The van der Waals surface area contributed by atoms with Gasteiger partial charge in [0, 0.05) is 12.1 Å². The lowest BCUT2D eigenvalue weighted by molar-refractivity contribution is 0.163. The topological polar surface area (TPSA) is 98.5 Å². The van der Waals surface area contributed by atoms with E-state index in [1.807, 2.05) is 30.3 Å². The average Bonchev–Trinajstić information content (AvgIpc) is 2.48. The summed E-state index contributed by atoms with van der Waals surface area (Å²) >= 11 is 0. The Morgan fingerprint density at radius 1 is 1.05 bits per heavy atom. The minimum Gasteiger partial charge on any atom is -0.449 e. The summed E-state index contributed by atoms with van der Waals surface area (Å²) in [5.74, 6) is 0. The van der Waals surface area contributed by atoms with Crippen LogP contribution in [-0.4, -0.2) is 21.1 Å². The highest BCUT2D eigenvalue weighted by Gasteiger charge is 2.08. The van der Waals surface area contributed by atoms with Crippen LogP contribution in [0.4, 0.5) is 10.5 Å². The van der Waals surface area contributed by atoms with E-state index in [0.29, 0.717) is 12.1 Å². The van der Waals surface area contributed by atoms with Gasteiger partial charge in [0.05, 0.1) is 11.5 Å². The Labute approximate surface area is 129 Å². The third-order valence-electron chi connectivity index (χ3n) is 2.90. The van der Waals surface area contributed by atoms with Crippen LogP contribution in [0.15, 0.2) is 59.5 Å². The number of carbonyl (C=O) groups is 1. The van der Waals surface area contributed by atoms with Gasteiger partial charge in [-0.05, 0) is 29.8 Å². The summed E-state index contributed by atoms with van der Waals surface area (Å²) in [7, 11) is -3.74. The van der Waals surface area contributed by atoms with Crippen molar-refractivity contribution < 1.29 is 17.9 Å². The Bertz CT molecular complexity index is 728. The first-order valence-electron chi connectivity index (χ1n) is 6.56. The number of amides is 1. The minimum atomic E-state index is -3.74. The lowest BCUT2D eigenvalue weighted by atomic mass is 10.2. The van der Waals surface area contributed by atoms with Gasteiger partial charge in [-0.3, -0.25) is 5.32 Å². The molecular formula is C15H16N2O4S. The van der Waals surface area contributed by atoms with E-state index in [-0.39, 0.29) is 11.5 Å². The predicted octanol–water partition coefficient (Wildman–Crippen LogP) is 2.13. The SMILES string of the molecule is NS(=O)(=O)c1ccc(NC(=O)OCCc2ccccc2)cc1. The molecule has 3 N–H and O–H groups in total. The molecule has 0 spiro atoms. The van der Waals surface area contributed by atoms with E-state index in [4.69, 9.17) is 9.88 Å². The molecule has 6 nitrogen and oxygen atoms in total. The van der Waals surface area contributed by atoms with E-state index in [1.54, 1.807) is 0 Å². The van der Waals surface area contributed by atoms with E-state index >= 15 is 0 Å². The highest BCUT2D eigenvalue weighted by molar-refractivity contribution is 7.89. The number of anilines is 1. The van der Waals surface area contributed by atoms with Gasteiger partial charge in [-0.1, -0.05) is 30.3 Å². The van der Waals surface area contributed by atoms with E-state index in [2.05, 4.69) is 5.32 Å². The maximum Gasteiger partial charge on any atom is 0.411 e. The number of carbonyl (C=O) groups excluding carboxylic acids is 1. The van der Waals surface area contributed by atoms with Gasteiger partial charge in [0.1, 0.15) is 0 Å². The zero-order valence-electron chi connectivity index (χ0n) is 11.7. The molecule has 22 heavy (non-hydrogen) atoms. The first-order chi connectivity index (χ1) is 10.4. The molecule has 0 aliphatic rings. The van der Waals surface area contributed by atoms with Crippen molar-refractivity contribution in [3.8, 4) is 0 Å². The van der Waals surface area contributed by atoms with Gasteiger partial charge >= 0.3 is 6.09 Å². The molecule has 0 saturated carbocycles. The number of hydrogen-bond acceptors (Lipinski definition) is 4. The summed E-state index contributed by atoms with van der Waals surface area (Å²) in [4.78, 5) is 11.6. The lowest BCUT2D eigenvalue weighted by Gasteiger charge is -2.07. The van der Waals surface area contributed by atoms with Crippen LogP contribution < -0.4 is 10.5 Å². The van der Waals surface area contributed by atoms with Gasteiger partial charge in [0.15, 0.2) is 0 Å². The van der Waals surface area contributed by atoms with Crippen molar-refractivity contribution in [2.24, 2.45) is 5.14 Å². The molecule has 0 aromatic heterocycles. The third kappa shape index (κ3) is 4.87. The van der Waals surface area contributed by atoms with Crippen molar-refractivity contribution in [1.82, 2.24) is 0 Å². The molecule has 0 radical (unpaired) electrons. The normalized spacial score (nSPS) is 11.0. The lowest BCUT2D eigenvalue weighted by Crippen LogP contribution is -2.16. The van der Waals surface area contributed by atoms with Crippen LogP contribution in [0.1, 0.15) is 5.56 Å². The maximum atomic E-state index is 11.6. The molecule has 0 saturated heterocycles. The molecule has 0 aliphatic carbocycles. The molecule has 116 valence electrons. The second-order valence-electron chi connectivity index (χ2n) is 4.57. The number of hydrogen-bond donors (Lipinski definition) is 2. The molecule has 0 heterocycles. The fraction of sp³-hybridized carbons (Fsp3) is 0.133. The molecule has 7 heteroatoms. The highest BCUT2D eigenvalue weighted by atomic mass is 32.2. The Kier molecular flexibility index (Phi) is 5.13. The number of benzene rings is 2. The van der Waals surface area contributed by atoms with E-state index in [0.717, 1.165) is 5.56 Å². The summed E-state index contributed by atoms with van der Waals surface area (Å²) < 4.78 is 27.3. The van der Waals surface area contributed by atoms with Crippen LogP contribution in [0.2, 0.25) is 0 Å². The van der Waals surface area contributed by atoms with E-state index in [9.17, 15) is 13.2 Å². The monoisotopic (exact) mass is 320 g/mol. The van der Waals surface area contributed by atoms with Crippen molar-refractivity contribution >= 4 is 21.8 Å². The summed E-state index contributed by atoms with van der Waals surface area (Å²) in [5, 5.41) is 7.50. The van der Waals surface area contributed by atoms with Crippen molar-refractivity contribution in [2.75, 3.05) is 11.9 Å². The molecule has 0 fully saturated rings. The van der Waals surface area contributed by atoms with Gasteiger partial charge in [0.2, 0.25) is 10.0 Å². The van der Waals surface area contributed by atoms with Gasteiger partial charge in [-0.25, -0.2) is 18.4 Å². The zero-order chi connectivity index (χ0) is 16.0. The van der Waals surface area contributed by atoms with Crippen LogP contribution in [0, 0.1) is 0 Å². The molecule has 2 aromatic rings. The van der Waals surface area contributed by atoms with Crippen molar-refractivity contribution in [1.29, 1.82) is 0 Å². The average molecular weight is 320 g/mol. The second-order valence-corrected chi connectivity index (χ2v) is 6.13. The maximum absolute atomic E-state index is 11.6. The summed E-state index contributed by atoms with van der Waals surface area (Å²) in [5.41, 5.74) is 1.50. The third-order valence-corrected chi connectivity index (χ3v) is 3.83. The molecular weight excluding hydrogens is 304 g/mol. The van der Waals surface area contributed by atoms with E-state index < -0.39 is 16.1 Å². The van der Waals surface area contributed by atoms with Crippen LogP contribution >= 0.6 is 0 Å². The molecule has 0 aliphatic heterocycles. The highest BCUT2D eigenvalue weighted by Crippen LogP contribution is 2.13. The summed E-state index contributed by atoms with van der Waals surface area (Å²) in [6, 6.07) is 15.2. The number of sulfonamides is 1. The Balaban J connectivity index is 1.82. The van der Waals surface area contributed by atoms with Crippen molar-refractivity contribution in [3.63, 3.8) is 0 Å². The molecule has 2 rings (SSSR count). The number of rotatable bonds is 5. The van der Waals surface area contributed by atoms with Gasteiger partial charge in [-0.2, -0.15) is 0 Å². The number of nitrogens with two attached hydrogens (primary N) is 1. The molecule has 0 atom stereocenters. The quantitative estimate of drug-likeness (QED) is 0.881. The van der Waals surface area contributed by atoms with Gasteiger partial charge in [-0.15, -0.1) is 0 Å². The zero-order valence-corrected chi connectivity index (χ0v) is 12.5. The van der Waals surface area contributed by atoms with Crippen molar-refractivity contribution in [2.45, 2.75) is 11.3 Å². The number of nitrogens with one attached hydrogen (secondary N) is 1. The number of ether oxygens (including phenoxy) is 1. The molecule has 2 aromatic carbocycles. The smallest absolute Gasteiger partial charge is 0.411 e. The summed E-state index contributed by atoms with van der Waals surface area (Å²) in [6.45, 7) is 0.255. The summed E-state index contributed by atoms with van der Waals surface area (Å²) in [6.07, 6.45) is 0.0257. The first-order valence-corrected chi connectivity index (χ1v) is 8.10. The number of primary sulfonamides is 1. The molecule has 1 amide bonds. The van der Waals surface area contributed by atoms with Crippen molar-refractivity contribution in [3.05, 3.63) is 60.2 Å². The molecule has 0 bridgehead atoms. The predicted molar refractivity (Wildman–Crippen MR) is 82.9 cm³/mol. The fourth-order valence-electron chi connectivity index (χ4n) is 1.79. The van der Waals surface area contributed by atoms with Crippen LogP contribution in [-0.2, 0) is 21.2 Å². The van der Waals surface area contributed by atoms with Gasteiger partial charge in [0.25, 0.3) is 0 Å².